The number of halogens is 12. The largest absolute Gasteiger partial charge is 0.384 e. The molecule has 0 nitrogen and oxygen atoms in total. The van der Waals surface area contributed by atoms with Crippen LogP contribution >= 0.6 is 22.6 Å². The normalized spacial score (nSPS) is 30.0. The van der Waals surface area contributed by atoms with Crippen LogP contribution in [0.5, 0.6) is 0 Å². The maximum absolute atomic E-state index is 14.2. The van der Waals surface area contributed by atoms with Gasteiger partial charge in [-0.2, -0.15) is 43.9 Å². The van der Waals surface area contributed by atoms with Crippen LogP contribution in [-0.2, 0) is 0 Å². The van der Waals surface area contributed by atoms with Gasteiger partial charge in [-0.15, -0.1) is 0 Å². The summed E-state index contributed by atoms with van der Waals surface area (Å²) in [5, 5.41) is 0. The number of hydrogen-bond donors (Lipinski definition) is 0. The molecule has 0 amide bonds. The molecule has 23 heavy (non-hydrogen) atoms. The van der Waals surface area contributed by atoms with Crippen molar-refractivity contribution in [2.24, 2.45) is 0 Å². The quantitative estimate of drug-likeness (QED) is 0.346. The molecule has 0 atom stereocenters. The predicted molar refractivity (Wildman–Crippen MR) is 65.6 cm³/mol. The molecule has 136 valence electrons. The van der Waals surface area contributed by atoms with Crippen molar-refractivity contribution in [2.75, 3.05) is 0 Å². The van der Waals surface area contributed by atoms with E-state index in [2.05, 4.69) is 0 Å². The van der Waals surface area contributed by atoms with Gasteiger partial charge < -0.3 is 0 Å². The van der Waals surface area contributed by atoms with Gasteiger partial charge in [-0.25, -0.2) is 4.39 Å². The first-order valence-electron chi connectivity index (χ1n) is 5.91. The van der Waals surface area contributed by atoms with Crippen LogP contribution in [0.15, 0.2) is 9.66 Å². The monoisotopic (exact) mass is 476 g/mol. The third-order valence-corrected chi connectivity index (χ3v) is 4.19. The zero-order valence-corrected chi connectivity index (χ0v) is 13.2. The van der Waals surface area contributed by atoms with Gasteiger partial charge in [0.05, 0.1) is 0 Å². The summed E-state index contributed by atoms with van der Waals surface area (Å²) < 4.78 is 146. The molecule has 0 spiro atoms. The summed E-state index contributed by atoms with van der Waals surface area (Å²) in [6.45, 7) is 1.37. The Morgan fingerprint density at radius 3 is 1.30 bits per heavy atom. The van der Waals surface area contributed by atoms with Gasteiger partial charge in [0.2, 0.25) is 0 Å². The molecule has 0 aliphatic heterocycles. The number of rotatable bonds is 3. The molecular formula is C11H8F11I. The van der Waals surface area contributed by atoms with E-state index >= 15 is 0 Å². The van der Waals surface area contributed by atoms with E-state index in [9.17, 15) is 48.3 Å². The molecule has 0 heterocycles. The van der Waals surface area contributed by atoms with Crippen LogP contribution < -0.4 is 0 Å². The van der Waals surface area contributed by atoms with E-state index in [0.29, 0.717) is 0 Å². The van der Waals surface area contributed by atoms with Crippen LogP contribution in [0.2, 0.25) is 0 Å². The lowest BCUT2D eigenvalue weighted by atomic mass is 9.72. The van der Waals surface area contributed by atoms with Crippen molar-refractivity contribution in [1.29, 1.82) is 0 Å². The van der Waals surface area contributed by atoms with Crippen LogP contribution in [0.4, 0.5) is 48.3 Å². The minimum absolute atomic E-state index is 0.0466. The maximum Gasteiger partial charge on any atom is 0.384 e. The first-order chi connectivity index (χ1) is 9.95. The van der Waals surface area contributed by atoms with Crippen molar-refractivity contribution in [3.63, 3.8) is 0 Å². The minimum atomic E-state index is -7.16. The van der Waals surface area contributed by atoms with Crippen molar-refractivity contribution in [3.05, 3.63) is 9.66 Å². The molecule has 0 radical (unpaired) electrons. The molecule has 1 aliphatic rings. The highest BCUT2D eigenvalue weighted by atomic mass is 127. The molecule has 0 aromatic rings. The fourth-order valence-corrected chi connectivity index (χ4v) is 2.92. The fourth-order valence-electron chi connectivity index (χ4n) is 1.95. The Labute approximate surface area is 136 Å². The van der Waals surface area contributed by atoms with Crippen LogP contribution in [0.1, 0.15) is 19.8 Å². The second-order valence-electron chi connectivity index (χ2n) is 4.92. The van der Waals surface area contributed by atoms with Crippen molar-refractivity contribution < 1.29 is 48.3 Å². The molecule has 0 unspecified atom stereocenters. The highest BCUT2D eigenvalue weighted by Gasteiger charge is 3.00. The van der Waals surface area contributed by atoms with Gasteiger partial charge in [0.1, 0.15) is 0 Å². The van der Waals surface area contributed by atoms with E-state index in [1.54, 1.807) is 0 Å². The summed E-state index contributed by atoms with van der Waals surface area (Å²) in [4.78, 5) is 0. The third-order valence-electron chi connectivity index (χ3n) is 3.34. The maximum atomic E-state index is 14.2. The summed E-state index contributed by atoms with van der Waals surface area (Å²) in [5.74, 6) is -34.8. The fraction of sp³-hybridized carbons (Fsp3) is 0.818. The van der Waals surface area contributed by atoms with Crippen LogP contribution in [-0.4, -0.2) is 35.3 Å². The highest BCUT2D eigenvalue weighted by molar-refractivity contribution is 14.1. The number of hydrogen-bond acceptors (Lipinski definition) is 0. The third kappa shape index (κ3) is 2.21. The predicted octanol–water partition coefficient (Wildman–Crippen LogP) is 6.00. The first kappa shape index (κ1) is 20.7. The highest BCUT2D eigenvalue weighted by Crippen LogP contribution is 2.69. The van der Waals surface area contributed by atoms with Gasteiger partial charge in [-0.1, -0.05) is 13.3 Å². The Morgan fingerprint density at radius 2 is 1.00 bits per heavy atom. The summed E-state index contributed by atoms with van der Waals surface area (Å²) in [6, 6.07) is 0. The van der Waals surface area contributed by atoms with E-state index < -0.39 is 44.9 Å². The average Bonchev–Trinajstić information content (AvgIpc) is 2.36. The first-order valence-corrected chi connectivity index (χ1v) is 6.98. The molecular weight excluding hydrogens is 468 g/mol. The molecule has 1 saturated carbocycles. The standard InChI is InChI=1S/C11H8F11I/c1-2-3-5(23)4-6(12)7(13,14)9(17,18)11(21,22)10(19,20)8(6,15)16/h4H,2-3H2,1H3. The van der Waals surface area contributed by atoms with Crippen LogP contribution in [0.25, 0.3) is 0 Å². The lowest BCUT2D eigenvalue weighted by Gasteiger charge is -2.51. The van der Waals surface area contributed by atoms with Gasteiger partial charge in [0, 0.05) is 0 Å². The number of allylic oxidation sites excluding steroid dienone is 2. The van der Waals surface area contributed by atoms with Crippen LogP contribution in [0.3, 0.4) is 0 Å². The smallest absolute Gasteiger partial charge is 0.225 e. The van der Waals surface area contributed by atoms with Gasteiger partial charge in [0.25, 0.3) is 5.67 Å². The van der Waals surface area contributed by atoms with Gasteiger partial charge in [-0.3, -0.25) is 0 Å². The Hall–Kier alpha value is -0.300. The van der Waals surface area contributed by atoms with Crippen molar-refractivity contribution in [1.82, 2.24) is 0 Å². The Morgan fingerprint density at radius 1 is 0.696 bits per heavy atom. The SMILES string of the molecule is CCCC(I)=CC1(F)C(F)(F)C(F)(F)C(F)(F)C(F)(F)C1(F)F. The molecule has 1 aliphatic carbocycles. The van der Waals surface area contributed by atoms with Gasteiger partial charge in [-0.05, 0) is 38.7 Å². The molecule has 0 aromatic carbocycles. The van der Waals surface area contributed by atoms with Gasteiger partial charge in [0.15, 0.2) is 0 Å². The van der Waals surface area contributed by atoms with E-state index in [-0.39, 0.29) is 12.8 Å². The lowest BCUT2D eigenvalue weighted by molar-refractivity contribution is -0.476. The topological polar surface area (TPSA) is 0 Å². The zero-order chi connectivity index (χ0) is 18.7. The Bertz CT molecular complexity index is 478. The molecule has 0 saturated heterocycles. The summed E-state index contributed by atoms with van der Waals surface area (Å²) >= 11 is 0.997. The molecule has 0 aromatic heterocycles. The average molecular weight is 476 g/mol. The van der Waals surface area contributed by atoms with Gasteiger partial charge >= 0.3 is 29.6 Å². The van der Waals surface area contributed by atoms with E-state index in [1.807, 2.05) is 0 Å². The summed E-state index contributed by atoms with van der Waals surface area (Å²) in [6.07, 6.45) is -1.16. The van der Waals surface area contributed by atoms with E-state index in [1.165, 1.54) is 6.92 Å². The Balaban J connectivity index is 3.79. The molecule has 1 rings (SSSR count). The summed E-state index contributed by atoms with van der Waals surface area (Å²) in [7, 11) is 0. The Kier molecular flexibility index (Phi) is 4.82. The van der Waals surface area contributed by atoms with Crippen LogP contribution in [0, 0.1) is 0 Å². The molecule has 1 fully saturated rings. The second-order valence-corrected chi connectivity index (χ2v) is 6.31. The second kappa shape index (κ2) is 5.35. The lowest BCUT2D eigenvalue weighted by Crippen LogP contribution is -2.83. The summed E-state index contributed by atoms with van der Waals surface area (Å²) in [5.41, 5.74) is -6.00. The van der Waals surface area contributed by atoms with Crippen molar-refractivity contribution in [3.8, 4) is 0 Å². The van der Waals surface area contributed by atoms with Crippen molar-refractivity contribution in [2.45, 2.75) is 55.0 Å². The molecule has 0 N–H and O–H groups in total. The minimum Gasteiger partial charge on any atom is -0.225 e. The van der Waals surface area contributed by atoms with Crippen molar-refractivity contribution >= 4 is 22.6 Å². The molecule has 12 heteroatoms. The zero-order valence-electron chi connectivity index (χ0n) is 11.0. The number of alkyl halides is 11. The molecule has 0 bridgehead atoms. The van der Waals surface area contributed by atoms with E-state index in [0.717, 1.165) is 22.6 Å². The van der Waals surface area contributed by atoms with E-state index in [4.69, 9.17) is 0 Å².